The average molecular weight is 493 g/mol. The number of H-pyrrole nitrogens is 1. The molecule has 4 rings (SSSR count). The minimum absolute atomic E-state index is 0.0659. The highest BCUT2D eigenvalue weighted by Gasteiger charge is 2.57. The number of aliphatic hydroxyl groups is 3. The van der Waals surface area contributed by atoms with Gasteiger partial charge in [0, 0.05) is 17.3 Å². The summed E-state index contributed by atoms with van der Waals surface area (Å²) in [7, 11) is -4.85. The summed E-state index contributed by atoms with van der Waals surface area (Å²) in [5, 5.41) is 30.2. The van der Waals surface area contributed by atoms with Crippen molar-refractivity contribution in [1.29, 1.82) is 0 Å². The second-order valence-corrected chi connectivity index (χ2v) is 8.91. The highest BCUT2D eigenvalue weighted by atomic mass is 32.1. The number of hydrogen-bond acceptors (Lipinski definition) is 10. The van der Waals surface area contributed by atoms with E-state index in [4.69, 9.17) is 34.6 Å². The molecule has 1 saturated heterocycles. The summed E-state index contributed by atoms with van der Waals surface area (Å²) in [6.07, 6.45) is -7.79. The normalized spacial score (nSPS) is 36.0. The Morgan fingerprint density at radius 2 is 2.28 bits per heavy atom. The number of phosphoric acid groups is 1. The van der Waals surface area contributed by atoms with Crippen LogP contribution in [0.15, 0.2) is 29.2 Å². The number of fused-ring (bicyclic) bond motifs is 1. The number of aliphatic hydroxyl groups excluding tert-OH is 3. The van der Waals surface area contributed by atoms with Gasteiger partial charge in [-0.3, -0.25) is 18.6 Å². The van der Waals surface area contributed by atoms with Gasteiger partial charge in [-0.25, -0.2) is 13.8 Å². The molecule has 0 aliphatic carbocycles. The number of nitrogens with one attached hydrogen (secondary N) is 1. The zero-order chi connectivity index (χ0) is 26.0. The van der Waals surface area contributed by atoms with Crippen molar-refractivity contribution < 1.29 is 46.7 Å². The molecule has 32 heavy (non-hydrogen) atoms. The molecule has 0 bridgehead atoms. The first-order chi connectivity index (χ1) is 16.2. The Morgan fingerprint density at radius 3 is 3.00 bits per heavy atom. The number of nitrogens with zero attached hydrogens (tertiary/aromatic N) is 1. The molecule has 2 aromatic rings. The Balaban J connectivity index is 1.69. The van der Waals surface area contributed by atoms with Crippen molar-refractivity contribution in [3.05, 3.63) is 56.2 Å². The summed E-state index contributed by atoms with van der Waals surface area (Å²) < 4.78 is 73.3. The Hall–Kier alpha value is -1.96. The van der Waals surface area contributed by atoms with Crippen molar-refractivity contribution in [2.24, 2.45) is 0 Å². The van der Waals surface area contributed by atoms with Gasteiger partial charge in [-0.15, -0.1) is 0 Å². The van der Waals surface area contributed by atoms with Crippen LogP contribution >= 0.6 is 20.0 Å². The molecular formula is C18H20FN2O9PS. The number of phosphoric ester groups is 1. The van der Waals surface area contributed by atoms with Gasteiger partial charge in [-0.1, -0.05) is 30.4 Å². The Bertz CT molecular complexity index is 1340. The Labute approximate surface area is 189 Å². The lowest BCUT2D eigenvalue weighted by Gasteiger charge is -2.29. The van der Waals surface area contributed by atoms with E-state index in [1.807, 2.05) is 0 Å². The molecule has 11 nitrogen and oxygen atoms in total. The summed E-state index contributed by atoms with van der Waals surface area (Å²) in [5.74, 6) is -3.99. The molecule has 1 aromatic carbocycles. The Kier molecular flexibility index (Phi) is 5.14. The van der Waals surface area contributed by atoms with E-state index in [-0.39, 0.29) is 27.1 Å². The number of ether oxygens (including phenoxy) is 1. The van der Waals surface area contributed by atoms with Gasteiger partial charge in [-0.2, -0.15) is 0 Å². The number of alkyl halides is 1. The fraction of sp³-hybridized carbons (Fsp3) is 0.444. The minimum Gasteiger partial charge on any atom is -0.403 e. The summed E-state index contributed by atoms with van der Waals surface area (Å²) in [6.45, 7) is -3.29. The second kappa shape index (κ2) is 8.43. The van der Waals surface area contributed by atoms with Crippen molar-refractivity contribution in [2.75, 3.05) is 6.56 Å². The van der Waals surface area contributed by atoms with E-state index >= 15 is 4.39 Å². The molecule has 2 aliphatic rings. The van der Waals surface area contributed by atoms with Crippen LogP contribution in [0.5, 0.6) is 5.75 Å². The molecule has 4 N–H and O–H groups in total. The molecule has 5 atom stereocenters. The van der Waals surface area contributed by atoms with Gasteiger partial charge >= 0.3 is 13.5 Å². The fourth-order valence-corrected chi connectivity index (χ4v) is 4.44. The lowest BCUT2D eigenvalue weighted by Crippen LogP contribution is -2.43. The lowest BCUT2D eigenvalue weighted by molar-refractivity contribution is -0.205. The maximum Gasteiger partial charge on any atom is 0.530 e. The van der Waals surface area contributed by atoms with E-state index in [2.05, 4.69) is 4.98 Å². The molecule has 0 saturated carbocycles. The van der Waals surface area contributed by atoms with Crippen LogP contribution in [0.3, 0.4) is 0 Å². The van der Waals surface area contributed by atoms with Crippen LogP contribution in [-0.2, 0) is 31.6 Å². The fourth-order valence-electron chi connectivity index (χ4n) is 3.08. The first kappa shape index (κ1) is 19.5. The third-order valence-electron chi connectivity index (χ3n) is 4.78. The molecule has 0 radical (unpaired) electrons. The number of benzene rings is 1. The van der Waals surface area contributed by atoms with E-state index in [0.717, 1.165) is 6.20 Å². The van der Waals surface area contributed by atoms with E-state index < -0.39 is 50.9 Å². The third-order valence-corrected chi connectivity index (χ3v) is 6.31. The smallest absolute Gasteiger partial charge is 0.403 e. The van der Waals surface area contributed by atoms with E-state index in [0.29, 0.717) is 11.1 Å². The van der Waals surface area contributed by atoms with Gasteiger partial charge in [0.1, 0.15) is 29.2 Å². The summed E-state index contributed by atoms with van der Waals surface area (Å²) in [4.78, 5) is 14.5. The maximum absolute atomic E-state index is 15.9. The van der Waals surface area contributed by atoms with Crippen molar-refractivity contribution in [3.8, 4) is 5.75 Å². The monoisotopic (exact) mass is 493 g/mol. The van der Waals surface area contributed by atoms with Gasteiger partial charge in [0.25, 0.3) is 5.85 Å². The summed E-state index contributed by atoms with van der Waals surface area (Å²) in [5.41, 5.74) is -0.343. The van der Waals surface area contributed by atoms with Crippen molar-refractivity contribution in [1.82, 2.24) is 9.55 Å². The van der Waals surface area contributed by atoms with Crippen LogP contribution < -0.4 is 10.2 Å². The van der Waals surface area contributed by atoms with Gasteiger partial charge in [0.05, 0.1) is 17.3 Å². The van der Waals surface area contributed by atoms with Gasteiger partial charge < -0.3 is 24.6 Å². The first-order valence-electron chi connectivity index (χ1n) is 10.6. The minimum atomic E-state index is -4.85. The van der Waals surface area contributed by atoms with Gasteiger partial charge in [0.2, 0.25) is 0 Å². The van der Waals surface area contributed by atoms with Gasteiger partial charge in [0.15, 0.2) is 6.20 Å². The molecule has 2 aliphatic heterocycles. The van der Waals surface area contributed by atoms with Gasteiger partial charge in [-0.05, 0) is 12.5 Å². The third kappa shape index (κ3) is 4.06. The van der Waals surface area contributed by atoms with Crippen LogP contribution in [0.1, 0.15) is 27.0 Å². The molecular weight excluding hydrogens is 470 g/mol. The molecule has 3 heterocycles. The molecule has 14 heteroatoms. The topological polar surface area (TPSA) is 152 Å². The summed E-state index contributed by atoms with van der Waals surface area (Å²) in [6, 6.07) is 4.87. The number of hydrogen-bond donors (Lipinski definition) is 4. The van der Waals surface area contributed by atoms with Crippen LogP contribution in [0.25, 0.3) is 0 Å². The second-order valence-electron chi connectivity index (χ2n) is 6.99. The number of para-hydroxylation sites is 1. The zero-order valence-corrected chi connectivity index (χ0v) is 18.1. The van der Waals surface area contributed by atoms with E-state index in [1.54, 1.807) is 25.1 Å². The maximum atomic E-state index is 15.9. The van der Waals surface area contributed by atoms with Crippen LogP contribution in [0.4, 0.5) is 4.39 Å². The molecule has 1 fully saturated rings. The lowest BCUT2D eigenvalue weighted by atomic mass is 10.1. The van der Waals surface area contributed by atoms with Crippen molar-refractivity contribution >= 4 is 20.0 Å². The molecule has 174 valence electrons. The van der Waals surface area contributed by atoms with E-state index in [1.165, 1.54) is 0 Å². The van der Waals surface area contributed by atoms with Crippen LogP contribution in [0, 0.1) is 11.6 Å². The van der Waals surface area contributed by atoms with Crippen LogP contribution in [0.2, 0.25) is 0 Å². The largest absolute Gasteiger partial charge is 0.530 e. The molecule has 1 aromatic heterocycles. The van der Waals surface area contributed by atoms with Crippen LogP contribution in [-0.4, -0.2) is 49.5 Å². The number of halogens is 1. The SMILES string of the molecule is [2H]C([2H])(OP1(=O)OCc2cccc(C)c2O1)[C@@]1(F)O[C@@]([2H])(n2cc(CO)c(=S)[nH]c2=O)[C@H](O)[C@@H]1O. The standard InChI is InChI=1S/C18H20FN2O9PS/c1-9-3-2-4-10-7-27-31(26,30-13(9)10)28-8-18(19)14(24)12(23)16(29-18)21-5-11(6-22)15(32)20-17(21)25/h2-5,12,14,16,22-24H,6-8H2,1H3,(H,20,25,32)/t12-,14+,16-,18-,31?/m1/s1/i8D2,16D. The number of rotatable bonds is 5. The van der Waals surface area contributed by atoms with Crippen molar-refractivity contribution in [2.45, 2.75) is 44.4 Å². The number of aromatic amines is 1. The number of aryl methyl sites for hydroxylation is 1. The quantitative estimate of drug-likeness (QED) is 0.355. The summed E-state index contributed by atoms with van der Waals surface area (Å²) >= 11 is 4.85. The first-order valence-corrected chi connectivity index (χ1v) is 11.0. The van der Waals surface area contributed by atoms with Crippen molar-refractivity contribution in [3.63, 3.8) is 0 Å². The predicted molar refractivity (Wildman–Crippen MR) is 108 cm³/mol. The molecule has 0 amide bonds. The Morgan fingerprint density at radius 1 is 1.53 bits per heavy atom. The highest BCUT2D eigenvalue weighted by molar-refractivity contribution is 7.71. The molecule has 1 unspecified atom stereocenters. The highest BCUT2D eigenvalue weighted by Crippen LogP contribution is 2.56. The van der Waals surface area contributed by atoms with E-state index in [9.17, 15) is 24.7 Å². The molecule has 0 spiro atoms. The number of aromatic nitrogens is 2. The zero-order valence-electron chi connectivity index (χ0n) is 19.4. The predicted octanol–water partition coefficient (Wildman–Crippen LogP) is 1.36. The average Bonchev–Trinajstić information content (AvgIpc) is 2.95.